The zero-order valence-corrected chi connectivity index (χ0v) is 11.5. The molecule has 0 saturated carbocycles. The van der Waals surface area contributed by atoms with E-state index in [2.05, 4.69) is 11.2 Å². The third-order valence-electron chi connectivity index (χ3n) is 3.27. The van der Waals surface area contributed by atoms with Crippen LogP contribution < -0.4 is 0 Å². The van der Waals surface area contributed by atoms with E-state index in [0.29, 0.717) is 16.9 Å². The summed E-state index contributed by atoms with van der Waals surface area (Å²) >= 11 is 0. The van der Waals surface area contributed by atoms with Gasteiger partial charge in [-0.1, -0.05) is 36.4 Å². The molecular weight excluding hydrogens is 278 g/mol. The molecule has 3 aromatic rings. The third-order valence-corrected chi connectivity index (χ3v) is 3.27. The summed E-state index contributed by atoms with van der Waals surface area (Å²) in [6.07, 6.45) is 1.32. The normalized spacial score (nSPS) is 10.1. The Morgan fingerprint density at radius 1 is 1.14 bits per heavy atom. The van der Waals surface area contributed by atoms with E-state index in [-0.39, 0.29) is 5.56 Å². The minimum Gasteiger partial charge on any atom is -0.478 e. The number of hydrogen-bond donors (Lipinski definition) is 1. The monoisotopic (exact) mass is 289 g/mol. The van der Waals surface area contributed by atoms with Gasteiger partial charge in [-0.2, -0.15) is 10.4 Å². The van der Waals surface area contributed by atoms with Gasteiger partial charge in [-0.25, -0.2) is 9.48 Å². The molecular formula is C17H11N3O2. The van der Waals surface area contributed by atoms with E-state index < -0.39 is 5.97 Å². The van der Waals surface area contributed by atoms with Crippen molar-refractivity contribution in [3.8, 4) is 23.0 Å². The number of hydrogen-bond acceptors (Lipinski definition) is 3. The number of nitrogens with zero attached hydrogens (tertiary/aromatic N) is 3. The molecule has 0 amide bonds. The van der Waals surface area contributed by atoms with E-state index in [1.165, 1.54) is 6.20 Å². The topological polar surface area (TPSA) is 78.9 Å². The minimum absolute atomic E-state index is 0.119. The fourth-order valence-corrected chi connectivity index (χ4v) is 2.28. The summed E-state index contributed by atoms with van der Waals surface area (Å²) in [5, 5.41) is 22.6. The van der Waals surface area contributed by atoms with Crippen LogP contribution in [-0.2, 0) is 0 Å². The number of benzene rings is 2. The summed E-state index contributed by atoms with van der Waals surface area (Å²) < 4.78 is 1.54. The zero-order valence-electron chi connectivity index (χ0n) is 11.5. The third kappa shape index (κ3) is 2.34. The second-order valence-electron chi connectivity index (χ2n) is 4.65. The van der Waals surface area contributed by atoms with Gasteiger partial charge in [-0.05, 0) is 18.2 Å². The summed E-state index contributed by atoms with van der Waals surface area (Å²) in [6.45, 7) is 0. The number of aromatic carboxylic acids is 1. The van der Waals surface area contributed by atoms with Crippen LogP contribution >= 0.6 is 0 Å². The maximum Gasteiger partial charge on any atom is 0.339 e. The van der Waals surface area contributed by atoms with Crippen LogP contribution in [0, 0.1) is 11.3 Å². The van der Waals surface area contributed by atoms with Crippen LogP contribution in [0.5, 0.6) is 0 Å². The summed E-state index contributed by atoms with van der Waals surface area (Å²) in [7, 11) is 0. The lowest BCUT2D eigenvalue weighted by Crippen LogP contribution is -2.03. The van der Waals surface area contributed by atoms with Crippen LogP contribution in [0.3, 0.4) is 0 Å². The van der Waals surface area contributed by atoms with Gasteiger partial charge < -0.3 is 5.11 Å². The van der Waals surface area contributed by atoms with Crippen molar-refractivity contribution < 1.29 is 9.90 Å². The Labute approximate surface area is 126 Å². The van der Waals surface area contributed by atoms with Gasteiger partial charge in [0.05, 0.1) is 29.2 Å². The highest BCUT2D eigenvalue weighted by atomic mass is 16.4. The smallest absolute Gasteiger partial charge is 0.339 e. The van der Waals surface area contributed by atoms with Gasteiger partial charge in [0, 0.05) is 5.56 Å². The van der Waals surface area contributed by atoms with Gasteiger partial charge in [0.1, 0.15) is 5.56 Å². The molecule has 5 nitrogen and oxygen atoms in total. The van der Waals surface area contributed by atoms with Crippen LogP contribution in [0.4, 0.5) is 0 Å². The van der Waals surface area contributed by atoms with Crippen molar-refractivity contribution >= 4 is 5.97 Å². The molecule has 5 heteroatoms. The fraction of sp³-hybridized carbons (Fsp3) is 0. The Morgan fingerprint density at radius 3 is 2.59 bits per heavy atom. The second-order valence-corrected chi connectivity index (χ2v) is 4.65. The molecule has 1 heterocycles. The Hall–Kier alpha value is -3.39. The van der Waals surface area contributed by atoms with Gasteiger partial charge in [-0.3, -0.25) is 0 Å². The van der Waals surface area contributed by atoms with E-state index in [4.69, 9.17) is 5.26 Å². The number of carboxylic acids is 1. The molecule has 0 spiro atoms. The first-order valence-corrected chi connectivity index (χ1v) is 6.58. The van der Waals surface area contributed by atoms with Gasteiger partial charge in [0.15, 0.2) is 0 Å². The lowest BCUT2D eigenvalue weighted by molar-refractivity contribution is 0.0697. The van der Waals surface area contributed by atoms with Gasteiger partial charge in [0.2, 0.25) is 0 Å². The molecule has 2 aromatic carbocycles. The average molecular weight is 289 g/mol. The fourth-order valence-electron chi connectivity index (χ4n) is 2.28. The Morgan fingerprint density at radius 2 is 1.91 bits per heavy atom. The van der Waals surface area contributed by atoms with Crippen molar-refractivity contribution in [1.82, 2.24) is 9.78 Å². The number of nitriles is 1. The summed E-state index contributed by atoms with van der Waals surface area (Å²) in [6, 6.07) is 18.1. The summed E-state index contributed by atoms with van der Waals surface area (Å²) in [5.74, 6) is -1.04. The van der Waals surface area contributed by atoms with Crippen molar-refractivity contribution in [3.05, 3.63) is 71.9 Å². The summed E-state index contributed by atoms with van der Waals surface area (Å²) in [4.78, 5) is 11.5. The van der Waals surface area contributed by atoms with E-state index in [1.54, 1.807) is 28.9 Å². The average Bonchev–Trinajstić information content (AvgIpc) is 3.01. The molecule has 0 aliphatic heterocycles. The van der Waals surface area contributed by atoms with Gasteiger partial charge >= 0.3 is 5.97 Å². The second kappa shape index (κ2) is 5.54. The first kappa shape index (κ1) is 13.6. The molecule has 3 rings (SSSR count). The Bertz CT molecular complexity index is 876. The highest BCUT2D eigenvalue weighted by molar-refractivity contribution is 5.95. The molecule has 0 bridgehead atoms. The SMILES string of the molecule is N#Cc1cccc(-n2ncc(C(=O)O)c2-c2ccccc2)c1. The Kier molecular flexibility index (Phi) is 3.42. The van der Waals surface area contributed by atoms with Crippen LogP contribution in [0.15, 0.2) is 60.8 Å². The lowest BCUT2D eigenvalue weighted by Gasteiger charge is -2.09. The van der Waals surface area contributed by atoms with E-state index in [1.807, 2.05) is 30.3 Å². The first-order valence-electron chi connectivity index (χ1n) is 6.58. The predicted molar refractivity (Wildman–Crippen MR) is 80.7 cm³/mol. The molecule has 0 aliphatic carbocycles. The molecule has 22 heavy (non-hydrogen) atoms. The Balaban J connectivity index is 2.25. The lowest BCUT2D eigenvalue weighted by atomic mass is 10.1. The molecule has 1 N–H and O–H groups in total. The quantitative estimate of drug-likeness (QED) is 0.803. The molecule has 0 unspecified atom stereocenters. The predicted octanol–water partition coefficient (Wildman–Crippen LogP) is 3.11. The van der Waals surface area contributed by atoms with E-state index >= 15 is 0 Å². The molecule has 106 valence electrons. The number of aromatic nitrogens is 2. The molecule has 1 aromatic heterocycles. The van der Waals surface area contributed by atoms with Gasteiger partial charge in [-0.15, -0.1) is 0 Å². The van der Waals surface area contributed by atoms with Crippen molar-refractivity contribution in [2.24, 2.45) is 0 Å². The van der Waals surface area contributed by atoms with Gasteiger partial charge in [0.25, 0.3) is 0 Å². The largest absolute Gasteiger partial charge is 0.478 e. The highest BCUT2D eigenvalue weighted by Crippen LogP contribution is 2.26. The minimum atomic E-state index is -1.04. The molecule has 0 fully saturated rings. The first-order chi connectivity index (χ1) is 10.7. The zero-order chi connectivity index (χ0) is 15.5. The van der Waals surface area contributed by atoms with Crippen LogP contribution in [0.2, 0.25) is 0 Å². The molecule has 0 saturated heterocycles. The number of carbonyl (C=O) groups is 1. The van der Waals surface area contributed by atoms with Crippen molar-refractivity contribution in [2.75, 3.05) is 0 Å². The summed E-state index contributed by atoms with van der Waals surface area (Å²) in [5.41, 5.74) is 2.49. The molecule has 0 aliphatic rings. The van der Waals surface area contributed by atoms with Crippen LogP contribution in [0.25, 0.3) is 16.9 Å². The maximum atomic E-state index is 11.5. The van der Waals surface area contributed by atoms with Crippen LogP contribution in [-0.4, -0.2) is 20.9 Å². The maximum absolute atomic E-state index is 11.5. The molecule has 0 atom stereocenters. The van der Waals surface area contributed by atoms with Crippen LogP contribution in [0.1, 0.15) is 15.9 Å². The van der Waals surface area contributed by atoms with E-state index in [0.717, 1.165) is 5.56 Å². The van der Waals surface area contributed by atoms with E-state index in [9.17, 15) is 9.90 Å². The van der Waals surface area contributed by atoms with Crippen molar-refractivity contribution in [2.45, 2.75) is 0 Å². The molecule has 0 radical (unpaired) electrons. The number of carboxylic acid groups (broad SMARTS) is 1. The highest BCUT2D eigenvalue weighted by Gasteiger charge is 2.19. The van der Waals surface area contributed by atoms with Crippen molar-refractivity contribution in [1.29, 1.82) is 5.26 Å². The standard InChI is InChI=1S/C17H11N3O2/c18-10-12-5-4-8-14(9-12)20-16(13-6-2-1-3-7-13)15(11-19-20)17(21)22/h1-9,11H,(H,21,22). The number of rotatable bonds is 3. The van der Waals surface area contributed by atoms with Crippen molar-refractivity contribution in [3.63, 3.8) is 0 Å².